The molecule has 3 nitrogen and oxygen atoms in total. The minimum Gasteiger partial charge on any atom is -0.481 e. The molecule has 0 aliphatic carbocycles. The summed E-state index contributed by atoms with van der Waals surface area (Å²) < 4.78 is 0. The van der Waals surface area contributed by atoms with Gasteiger partial charge in [-0.3, -0.25) is 4.79 Å². The Balaban J connectivity index is 2.34. The molecule has 0 saturated heterocycles. The quantitative estimate of drug-likeness (QED) is 0.743. The summed E-state index contributed by atoms with van der Waals surface area (Å²) in [5, 5.41) is 11.6. The first kappa shape index (κ1) is 11.8. The van der Waals surface area contributed by atoms with E-state index < -0.39 is 11.9 Å². The summed E-state index contributed by atoms with van der Waals surface area (Å²) in [6, 6.07) is 13.9. The van der Waals surface area contributed by atoms with E-state index in [4.69, 9.17) is 0 Å². The molecule has 0 radical (unpaired) electrons. The van der Waals surface area contributed by atoms with Gasteiger partial charge in [0.05, 0.1) is 11.4 Å². The highest BCUT2D eigenvalue weighted by molar-refractivity contribution is 6.08. The predicted octanol–water partition coefficient (Wildman–Crippen LogP) is 3.90. The van der Waals surface area contributed by atoms with Gasteiger partial charge >= 0.3 is 5.97 Å². The number of hydrogen-bond acceptors (Lipinski definition) is 1. The highest BCUT2D eigenvalue weighted by Crippen LogP contribution is 2.32. The lowest BCUT2D eigenvalue weighted by Gasteiger charge is -2.11. The van der Waals surface area contributed by atoms with Crippen molar-refractivity contribution in [1.29, 1.82) is 0 Å². The average Bonchev–Trinajstić information content (AvgIpc) is 2.79. The molecule has 0 bridgehead atoms. The summed E-state index contributed by atoms with van der Waals surface area (Å²) >= 11 is 0. The second-order valence-electron chi connectivity index (χ2n) is 4.74. The maximum absolute atomic E-state index is 11.4. The lowest BCUT2D eigenvalue weighted by atomic mass is 9.94. The molecule has 0 saturated carbocycles. The molecule has 1 aromatic heterocycles. The maximum atomic E-state index is 11.4. The van der Waals surface area contributed by atoms with E-state index >= 15 is 0 Å². The Kier molecular flexibility index (Phi) is 2.75. The smallest absolute Gasteiger partial charge is 0.311 e. The molecule has 3 rings (SSSR count). The Morgan fingerprint density at radius 3 is 2.63 bits per heavy atom. The van der Waals surface area contributed by atoms with E-state index in [2.05, 4.69) is 11.1 Å². The fraction of sp³-hybridized carbons (Fsp3) is 0.188. The second kappa shape index (κ2) is 4.43. The highest BCUT2D eigenvalue weighted by atomic mass is 16.4. The summed E-state index contributed by atoms with van der Waals surface area (Å²) in [5.74, 6) is -1.23. The minimum absolute atomic E-state index is 0.461. The number of carbonyl (C=O) groups is 1. The van der Waals surface area contributed by atoms with Gasteiger partial charge in [0.15, 0.2) is 0 Å². The van der Waals surface area contributed by atoms with Gasteiger partial charge in [-0.05, 0) is 18.1 Å². The Hall–Kier alpha value is -2.29. The number of carboxylic acid groups (broad SMARTS) is 1. The molecule has 2 N–H and O–H groups in total. The van der Waals surface area contributed by atoms with E-state index in [1.54, 1.807) is 0 Å². The fourth-order valence-corrected chi connectivity index (χ4v) is 2.71. The van der Waals surface area contributed by atoms with Gasteiger partial charge in [-0.1, -0.05) is 43.3 Å². The van der Waals surface area contributed by atoms with Crippen LogP contribution in [0.3, 0.4) is 0 Å². The third kappa shape index (κ3) is 1.78. The van der Waals surface area contributed by atoms with Crippen molar-refractivity contribution in [2.75, 3.05) is 0 Å². The second-order valence-corrected chi connectivity index (χ2v) is 4.74. The molecule has 0 aliphatic heterocycles. The lowest BCUT2D eigenvalue weighted by molar-refractivity contribution is -0.138. The molecular formula is C16H15NO2. The third-order valence-electron chi connectivity index (χ3n) is 3.66. The third-order valence-corrected chi connectivity index (χ3v) is 3.66. The number of carboxylic acids is 1. The number of aromatic nitrogens is 1. The molecule has 0 amide bonds. The largest absolute Gasteiger partial charge is 0.481 e. The van der Waals surface area contributed by atoms with Crippen LogP contribution in [-0.4, -0.2) is 16.1 Å². The highest BCUT2D eigenvalue weighted by Gasteiger charge is 2.21. The first-order valence-electron chi connectivity index (χ1n) is 6.44. The van der Waals surface area contributed by atoms with Crippen LogP contribution in [0.2, 0.25) is 0 Å². The molecular weight excluding hydrogens is 238 g/mol. The van der Waals surface area contributed by atoms with Crippen LogP contribution in [-0.2, 0) is 4.79 Å². The Labute approximate surface area is 110 Å². The SMILES string of the molecule is CCC(C(=O)O)c1cccc2c1[nH]c1ccccc12. The molecule has 0 spiro atoms. The van der Waals surface area contributed by atoms with Crippen LogP contribution >= 0.6 is 0 Å². The van der Waals surface area contributed by atoms with Crippen LogP contribution in [0.5, 0.6) is 0 Å². The van der Waals surface area contributed by atoms with Gasteiger partial charge in [-0.25, -0.2) is 0 Å². The van der Waals surface area contributed by atoms with Gasteiger partial charge in [0.2, 0.25) is 0 Å². The lowest BCUT2D eigenvalue weighted by Crippen LogP contribution is -2.10. The Morgan fingerprint density at radius 1 is 1.16 bits per heavy atom. The van der Waals surface area contributed by atoms with Gasteiger partial charge in [0.1, 0.15) is 0 Å². The van der Waals surface area contributed by atoms with Gasteiger partial charge in [0.25, 0.3) is 0 Å². The molecule has 3 aromatic rings. The average molecular weight is 253 g/mol. The van der Waals surface area contributed by atoms with Crippen LogP contribution in [0, 0.1) is 0 Å². The van der Waals surface area contributed by atoms with Gasteiger partial charge < -0.3 is 10.1 Å². The Bertz CT molecular complexity index is 758. The van der Waals surface area contributed by atoms with Crippen molar-refractivity contribution in [1.82, 2.24) is 4.98 Å². The molecule has 96 valence electrons. The molecule has 2 aromatic carbocycles. The number of fused-ring (bicyclic) bond motifs is 3. The number of hydrogen-bond donors (Lipinski definition) is 2. The van der Waals surface area contributed by atoms with Crippen molar-refractivity contribution in [3.05, 3.63) is 48.0 Å². The first-order chi connectivity index (χ1) is 9.22. The first-order valence-corrected chi connectivity index (χ1v) is 6.44. The normalized spacial score (nSPS) is 12.9. The van der Waals surface area contributed by atoms with E-state index in [1.165, 1.54) is 0 Å². The van der Waals surface area contributed by atoms with E-state index in [1.807, 2.05) is 43.3 Å². The molecule has 19 heavy (non-hydrogen) atoms. The zero-order chi connectivity index (χ0) is 13.4. The molecule has 0 fully saturated rings. The monoisotopic (exact) mass is 253 g/mol. The van der Waals surface area contributed by atoms with E-state index in [9.17, 15) is 9.90 Å². The summed E-state index contributed by atoms with van der Waals surface area (Å²) in [5.41, 5.74) is 2.85. The summed E-state index contributed by atoms with van der Waals surface area (Å²) in [4.78, 5) is 14.7. The summed E-state index contributed by atoms with van der Waals surface area (Å²) in [6.45, 7) is 1.90. The van der Waals surface area contributed by atoms with Crippen molar-refractivity contribution in [2.24, 2.45) is 0 Å². The standard InChI is InChI=1S/C16H15NO2/c1-2-10(16(18)19)12-7-5-8-13-11-6-3-4-9-14(11)17-15(12)13/h3-10,17H,2H2,1H3,(H,18,19). The number of H-pyrrole nitrogens is 1. The van der Waals surface area contributed by atoms with Crippen molar-refractivity contribution in [2.45, 2.75) is 19.3 Å². The molecule has 3 heteroatoms. The zero-order valence-corrected chi connectivity index (χ0v) is 10.7. The molecule has 1 unspecified atom stereocenters. The van der Waals surface area contributed by atoms with Crippen LogP contribution in [0.4, 0.5) is 0 Å². The fourth-order valence-electron chi connectivity index (χ4n) is 2.71. The summed E-state index contributed by atoms with van der Waals surface area (Å²) in [6.07, 6.45) is 0.587. The summed E-state index contributed by atoms with van der Waals surface area (Å²) in [7, 11) is 0. The zero-order valence-electron chi connectivity index (χ0n) is 10.7. The number of para-hydroxylation sites is 2. The van der Waals surface area contributed by atoms with Crippen LogP contribution in [0.25, 0.3) is 21.8 Å². The number of rotatable bonds is 3. The van der Waals surface area contributed by atoms with Crippen LogP contribution < -0.4 is 0 Å². The topological polar surface area (TPSA) is 53.1 Å². The predicted molar refractivity (Wildman–Crippen MR) is 76.5 cm³/mol. The maximum Gasteiger partial charge on any atom is 0.311 e. The van der Waals surface area contributed by atoms with E-state index in [-0.39, 0.29) is 0 Å². The molecule has 1 heterocycles. The molecule has 0 aliphatic rings. The minimum atomic E-state index is -0.770. The van der Waals surface area contributed by atoms with Gasteiger partial charge in [-0.2, -0.15) is 0 Å². The van der Waals surface area contributed by atoms with Crippen molar-refractivity contribution in [3.8, 4) is 0 Å². The van der Waals surface area contributed by atoms with Crippen molar-refractivity contribution >= 4 is 27.8 Å². The van der Waals surface area contributed by atoms with E-state index in [0.717, 1.165) is 27.4 Å². The number of aliphatic carboxylic acids is 1. The van der Waals surface area contributed by atoms with Crippen LogP contribution in [0.1, 0.15) is 24.8 Å². The number of nitrogens with one attached hydrogen (secondary N) is 1. The number of aromatic amines is 1. The number of benzene rings is 2. The van der Waals surface area contributed by atoms with Crippen molar-refractivity contribution < 1.29 is 9.90 Å². The van der Waals surface area contributed by atoms with Gasteiger partial charge in [0, 0.05) is 16.3 Å². The molecule has 1 atom stereocenters. The Morgan fingerprint density at radius 2 is 1.89 bits per heavy atom. The van der Waals surface area contributed by atoms with E-state index in [0.29, 0.717) is 6.42 Å². The van der Waals surface area contributed by atoms with Gasteiger partial charge in [-0.15, -0.1) is 0 Å². The van der Waals surface area contributed by atoms with Crippen LogP contribution in [0.15, 0.2) is 42.5 Å². The van der Waals surface area contributed by atoms with Crippen molar-refractivity contribution in [3.63, 3.8) is 0 Å².